The smallest absolute Gasteiger partial charge is 0.228 e. The number of ether oxygens (including phenoxy) is 4. The van der Waals surface area contributed by atoms with E-state index in [1.807, 2.05) is 38.1 Å². The Morgan fingerprint density at radius 2 is 1.58 bits per heavy atom. The lowest BCUT2D eigenvalue weighted by Crippen LogP contribution is -2.16. The minimum absolute atomic E-state index is 0.0168. The van der Waals surface area contributed by atoms with Gasteiger partial charge in [0.15, 0.2) is 11.5 Å². The van der Waals surface area contributed by atoms with Crippen LogP contribution in [-0.4, -0.2) is 33.3 Å². The SMILES string of the molecule is COc1cc(CC(=O)Nc2ccccc2OC(C)C)cc(OC)c1OC. The minimum atomic E-state index is -0.168. The Labute approximate surface area is 154 Å². The van der Waals surface area contributed by atoms with Gasteiger partial charge in [-0.05, 0) is 43.7 Å². The summed E-state index contributed by atoms with van der Waals surface area (Å²) in [6.45, 7) is 3.88. The normalized spacial score (nSPS) is 10.4. The van der Waals surface area contributed by atoms with E-state index in [0.29, 0.717) is 28.7 Å². The Kier molecular flexibility index (Phi) is 6.72. The molecule has 0 saturated heterocycles. The van der Waals surface area contributed by atoms with Crippen molar-refractivity contribution in [3.05, 3.63) is 42.0 Å². The molecule has 0 heterocycles. The first kappa shape index (κ1) is 19.4. The molecule has 0 aliphatic heterocycles. The van der Waals surface area contributed by atoms with Gasteiger partial charge in [-0.3, -0.25) is 4.79 Å². The third kappa shape index (κ3) is 4.81. The lowest BCUT2D eigenvalue weighted by molar-refractivity contribution is -0.115. The molecule has 6 nitrogen and oxygen atoms in total. The minimum Gasteiger partial charge on any atom is -0.493 e. The van der Waals surface area contributed by atoms with Crippen molar-refractivity contribution < 1.29 is 23.7 Å². The summed E-state index contributed by atoms with van der Waals surface area (Å²) < 4.78 is 21.7. The number of rotatable bonds is 8. The Hall–Kier alpha value is -2.89. The van der Waals surface area contributed by atoms with Crippen LogP contribution in [-0.2, 0) is 11.2 Å². The van der Waals surface area contributed by atoms with E-state index in [4.69, 9.17) is 18.9 Å². The summed E-state index contributed by atoms with van der Waals surface area (Å²) in [6.07, 6.45) is 0.176. The van der Waals surface area contributed by atoms with Gasteiger partial charge in [-0.15, -0.1) is 0 Å². The maximum Gasteiger partial charge on any atom is 0.228 e. The van der Waals surface area contributed by atoms with Crippen molar-refractivity contribution in [3.8, 4) is 23.0 Å². The second-order valence-electron chi connectivity index (χ2n) is 5.92. The number of benzene rings is 2. The summed E-state index contributed by atoms with van der Waals surface area (Å²) in [5.74, 6) is 1.99. The third-order valence-electron chi connectivity index (χ3n) is 3.61. The molecule has 0 bridgehead atoms. The molecular weight excluding hydrogens is 334 g/mol. The molecule has 0 saturated carbocycles. The van der Waals surface area contributed by atoms with E-state index in [-0.39, 0.29) is 18.4 Å². The highest BCUT2D eigenvalue weighted by atomic mass is 16.5. The van der Waals surface area contributed by atoms with Crippen LogP contribution in [0.2, 0.25) is 0 Å². The van der Waals surface area contributed by atoms with E-state index in [1.54, 1.807) is 33.5 Å². The van der Waals surface area contributed by atoms with Gasteiger partial charge in [0.25, 0.3) is 0 Å². The maximum atomic E-state index is 12.5. The molecule has 6 heteroatoms. The largest absolute Gasteiger partial charge is 0.493 e. The number of para-hydroxylation sites is 2. The van der Waals surface area contributed by atoms with E-state index in [1.165, 1.54) is 0 Å². The molecule has 0 atom stereocenters. The zero-order chi connectivity index (χ0) is 19.1. The number of anilines is 1. The van der Waals surface area contributed by atoms with Crippen LogP contribution in [0.3, 0.4) is 0 Å². The Bertz CT molecular complexity index is 733. The standard InChI is InChI=1S/C20H25NO5/c1-13(2)26-16-9-7-6-8-15(16)21-19(22)12-14-10-17(23-3)20(25-5)18(11-14)24-4/h6-11,13H,12H2,1-5H3,(H,21,22). The average molecular weight is 359 g/mol. The summed E-state index contributed by atoms with van der Waals surface area (Å²) >= 11 is 0. The zero-order valence-electron chi connectivity index (χ0n) is 15.8. The molecule has 2 aromatic carbocycles. The molecule has 0 aliphatic rings. The van der Waals surface area contributed by atoms with E-state index >= 15 is 0 Å². The number of methoxy groups -OCH3 is 3. The van der Waals surface area contributed by atoms with Gasteiger partial charge in [0.1, 0.15) is 5.75 Å². The monoisotopic (exact) mass is 359 g/mol. The van der Waals surface area contributed by atoms with Crippen LogP contribution in [0.5, 0.6) is 23.0 Å². The Balaban J connectivity index is 2.18. The van der Waals surface area contributed by atoms with Crippen LogP contribution in [0.1, 0.15) is 19.4 Å². The van der Waals surface area contributed by atoms with Gasteiger partial charge in [-0.2, -0.15) is 0 Å². The molecular formula is C20H25NO5. The molecule has 1 amide bonds. The molecule has 2 rings (SSSR count). The maximum absolute atomic E-state index is 12.5. The summed E-state index contributed by atoms with van der Waals surface area (Å²) in [6, 6.07) is 10.9. The number of amides is 1. The fourth-order valence-corrected chi connectivity index (χ4v) is 2.54. The highest BCUT2D eigenvalue weighted by Crippen LogP contribution is 2.38. The van der Waals surface area contributed by atoms with E-state index in [0.717, 1.165) is 5.56 Å². The van der Waals surface area contributed by atoms with Crippen molar-refractivity contribution in [2.75, 3.05) is 26.6 Å². The van der Waals surface area contributed by atoms with Crippen LogP contribution in [0.25, 0.3) is 0 Å². The van der Waals surface area contributed by atoms with Gasteiger partial charge in [-0.1, -0.05) is 12.1 Å². The molecule has 1 N–H and O–H groups in total. The topological polar surface area (TPSA) is 66.0 Å². The van der Waals surface area contributed by atoms with Crippen molar-refractivity contribution in [1.29, 1.82) is 0 Å². The lowest BCUT2D eigenvalue weighted by atomic mass is 10.1. The van der Waals surface area contributed by atoms with Gasteiger partial charge >= 0.3 is 0 Å². The number of carbonyl (C=O) groups excluding carboxylic acids is 1. The molecule has 0 radical (unpaired) electrons. The highest BCUT2D eigenvalue weighted by Gasteiger charge is 2.16. The molecule has 2 aromatic rings. The second-order valence-corrected chi connectivity index (χ2v) is 5.92. The van der Waals surface area contributed by atoms with Crippen LogP contribution < -0.4 is 24.3 Å². The summed E-state index contributed by atoms with van der Waals surface area (Å²) in [5.41, 5.74) is 1.39. The summed E-state index contributed by atoms with van der Waals surface area (Å²) in [7, 11) is 4.62. The lowest BCUT2D eigenvalue weighted by Gasteiger charge is -2.16. The van der Waals surface area contributed by atoms with Crippen molar-refractivity contribution in [2.45, 2.75) is 26.4 Å². The number of nitrogens with one attached hydrogen (secondary N) is 1. The summed E-state index contributed by atoms with van der Waals surface area (Å²) in [5, 5.41) is 2.89. The number of carbonyl (C=O) groups is 1. The van der Waals surface area contributed by atoms with Crippen LogP contribution in [0.4, 0.5) is 5.69 Å². The first-order valence-corrected chi connectivity index (χ1v) is 8.32. The molecule has 0 fully saturated rings. The van der Waals surface area contributed by atoms with Gasteiger partial charge in [0.05, 0.1) is 39.5 Å². The molecule has 140 valence electrons. The number of hydrogen-bond acceptors (Lipinski definition) is 5. The van der Waals surface area contributed by atoms with E-state index in [2.05, 4.69) is 5.32 Å². The van der Waals surface area contributed by atoms with Gasteiger partial charge in [0, 0.05) is 0 Å². The molecule has 26 heavy (non-hydrogen) atoms. The summed E-state index contributed by atoms with van der Waals surface area (Å²) in [4.78, 5) is 12.5. The van der Waals surface area contributed by atoms with Gasteiger partial charge in [-0.25, -0.2) is 0 Å². The van der Waals surface area contributed by atoms with E-state index in [9.17, 15) is 4.79 Å². The number of hydrogen-bond donors (Lipinski definition) is 1. The van der Waals surface area contributed by atoms with Gasteiger partial charge < -0.3 is 24.3 Å². The third-order valence-corrected chi connectivity index (χ3v) is 3.61. The second kappa shape index (κ2) is 8.99. The fraction of sp³-hybridized carbons (Fsp3) is 0.350. The Morgan fingerprint density at radius 1 is 0.962 bits per heavy atom. The molecule has 0 unspecified atom stereocenters. The first-order chi connectivity index (χ1) is 12.5. The van der Waals surface area contributed by atoms with Crippen molar-refractivity contribution in [1.82, 2.24) is 0 Å². The molecule has 0 aromatic heterocycles. The highest BCUT2D eigenvalue weighted by molar-refractivity contribution is 5.93. The quantitative estimate of drug-likeness (QED) is 0.779. The van der Waals surface area contributed by atoms with Crippen LogP contribution in [0.15, 0.2) is 36.4 Å². The van der Waals surface area contributed by atoms with Crippen molar-refractivity contribution in [3.63, 3.8) is 0 Å². The van der Waals surface area contributed by atoms with Crippen molar-refractivity contribution >= 4 is 11.6 Å². The predicted octanol–water partition coefficient (Wildman–Crippen LogP) is 3.68. The van der Waals surface area contributed by atoms with Gasteiger partial charge in [0.2, 0.25) is 11.7 Å². The zero-order valence-corrected chi connectivity index (χ0v) is 15.8. The Morgan fingerprint density at radius 3 is 2.12 bits per heavy atom. The van der Waals surface area contributed by atoms with E-state index < -0.39 is 0 Å². The first-order valence-electron chi connectivity index (χ1n) is 8.32. The predicted molar refractivity (Wildman–Crippen MR) is 101 cm³/mol. The van der Waals surface area contributed by atoms with Crippen LogP contribution >= 0.6 is 0 Å². The average Bonchev–Trinajstić information content (AvgIpc) is 2.61. The molecule has 0 aliphatic carbocycles. The molecule has 0 spiro atoms. The van der Waals surface area contributed by atoms with Crippen molar-refractivity contribution in [2.24, 2.45) is 0 Å². The van der Waals surface area contributed by atoms with Crippen LogP contribution in [0, 0.1) is 0 Å². The fourth-order valence-electron chi connectivity index (χ4n) is 2.54.